The Kier molecular flexibility index (Phi) is 8.12. The second kappa shape index (κ2) is 11.9. The van der Waals surface area contributed by atoms with Gasteiger partial charge in [-0.3, -0.25) is 9.59 Å². The molecule has 38 heavy (non-hydrogen) atoms. The van der Waals surface area contributed by atoms with Gasteiger partial charge in [0.2, 0.25) is 5.91 Å². The zero-order chi connectivity index (χ0) is 26.5. The Morgan fingerprint density at radius 1 is 0.921 bits per heavy atom. The van der Waals surface area contributed by atoms with Gasteiger partial charge in [0.15, 0.2) is 0 Å². The summed E-state index contributed by atoms with van der Waals surface area (Å²) in [6, 6.07) is 22.8. The summed E-state index contributed by atoms with van der Waals surface area (Å²) in [5.41, 5.74) is 3.23. The Balaban J connectivity index is 1.21. The average Bonchev–Trinajstić information content (AvgIpc) is 2.92. The summed E-state index contributed by atoms with van der Waals surface area (Å²) in [5.74, 6) is -0.864. The third-order valence-electron chi connectivity index (χ3n) is 7.02. The summed E-state index contributed by atoms with van der Waals surface area (Å²) in [6.45, 7) is 0.364. The number of ether oxygens (including phenoxy) is 2. The molecule has 8 heteroatoms. The first kappa shape index (κ1) is 26.0. The number of carbonyl (C=O) groups is 2. The van der Waals surface area contributed by atoms with Crippen LogP contribution in [0.15, 0.2) is 78.9 Å². The summed E-state index contributed by atoms with van der Waals surface area (Å²) in [7, 11) is 0. The highest BCUT2D eigenvalue weighted by Crippen LogP contribution is 2.29. The number of aliphatic hydroxyl groups excluding tert-OH is 1. The molecule has 2 fully saturated rings. The van der Waals surface area contributed by atoms with E-state index in [1.54, 1.807) is 4.90 Å². The molecular weight excluding hydrogens is 487 g/mol. The molecule has 0 aliphatic carbocycles. The molecule has 5 rings (SSSR count). The first-order valence-electron chi connectivity index (χ1n) is 12.9. The van der Waals surface area contributed by atoms with Crippen LogP contribution in [0, 0.1) is 5.82 Å². The lowest BCUT2D eigenvalue weighted by atomic mass is 9.94. The highest BCUT2D eigenvalue weighted by atomic mass is 19.1. The van der Waals surface area contributed by atoms with Crippen molar-refractivity contribution in [3.05, 3.63) is 90.2 Å². The van der Waals surface area contributed by atoms with Gasteiger partial charge in [-0.2, -0.15) is 0 Å². The molecule has 4 atom stereocenters. The highest BCUT2D eigenvalue weighted by Gasteiger charge is 2.40. The van der Waals surface area contributed by atoms with Gasteiger partial charge in [-0.15, -0.1) is 0 Å². The van der Waals surface area contributed by atoms with E-state index in [1.807, 2.05) is 54.6 Å². The third-order valence-corrected chi connectivity index (χ3v) is 7.02. The number of hydrogen-bond donors (Lipinski definition) is 2. The van der Waals surface area contributed by atoms with Gasteiger partial charge in [0.25, 0.3) is 5.91 Å². The van der Waals surface area contributed by atoms with Crippen LogP contribution in [0.25, 0.3) is 11.1 Å². The molecular formula is C30H31FN2O5. The van der Waals surface area contributed by atoms with Crippen molar-refractivity contribution in [2.75, 3.05) is 25.1 Å². The molecule has 2 aliphatic rings. The zero-order valence-electron chi connectivity index (χ0n) is 21.0. The van der Waals surface area contributed by atoms with Gasteiger partial charge < -0.3 is 24.8 Å². The van der Waals surface area contributed by atoms with Gasteiger partial charge >= 0.3 is 0 Å². The van der Waals surface area contributed by atoms with Gasteiger partial charge in [0, 0.05) is 17.8 Å². The second-order valence-electron chi connectivity index (χ2n) is 9.79. The maximum Gasteiger partial charge on any atom is 0.254 e. The molecule has 3 aromatic rings. The van der Waals surface area contributed by atoms with Gasteiger partial charge in [-0.05, 0) is 60.4 Å². The number of β-amino-alcohol motifs (C(OH)–C–C–N with tert-alkyl or cyclic N) is 1. The molecule has 2 heterocycles. The average molecular weight is 519 g/mol. The minimum atomic E-state index is -0.836. The van der Waals surface area contributed by atoms with Crippen molar-refractivity contribution in [1.82, 2.24) is 4.90 Å². The number of fused-ring (bicyclic) bond motifs is 1. The number of hydrogen-bond acceptors (Lipinski definition) is 5. The monoisotopic (exact) mass is 518 g/mol. The molecule has 2 saturated heterocycles. The normalized spacial score (nSPS) is 23.6. The van der Waals surface area contributed by atoms with Gasteiger partial charge in [-0.25, -0.2) is 4.39 Å². The van der Waals surface area contributed by atoms with Crippen LogP contribution in [0.2, 0.25) is 0 Å². The predicted molar refractivity (Wildman–Crippen MR) is 141 cm³/mol. The Morgan fingerprint density at radius 3 is 2.37 bits per heavy atom. The summed E-state index contributed by atoms with van der Waals surface area (Å²) >= 11 is 0. The fourth-order valence-electron chi connectivity index (χ4n) is 5.13. The van der Waals surface area contributed by atoms with Crippen LogP contribution in [0.1, 0.15) is 29.6 Å². The second-order valence-corrected chi connectivity index (χ2v) is 9.79. The van der Waals surface area contributed by atoms with E-state index in [-0.39, 0.29) is 50.1 Å². The standard InChI is InChI=1S/C30H31FN2O5/c31-23-10-6-22(7-11-23)30(36)33-17-25(34)18-37-19-28-27(33)15-14-26(38-28)16-29(35)32-24-12-8-21(9-13-24)20-4-2-1-3-5-20/h1-13,25-28,34H,14-19H2,(H,32,35)/t25-,26-,27+,28-/m1/s1. The number of carbonyl (C=O) groups excluding carboxylic acids is 2. The first-order chi connectivity index (χ1) is 18.5. The van der Waals surface area contributed by atoms with E-state index in [9.17, 15) is 19.1 Å². The fraction of sp³-hybridized carbons (Fsp3) is 0.333. The van der Waals surface area contributed by atoms with E-state index in [1.165, 1.54) is 24.3 Å². The van der Waals surface area contributed by atoms with Crippen molar-refractivity contribution in [1.29, 1.82) is 0 Å². The number of aliphatic hydroxyl groups is 1. The largest absolute Gasteiger partial charge is 0.389 e. The van der Waals surface area contributed by atoms with E-state index < -0.39 is 18.0 Å². The van der Waals surface area contributed by atoms with E-state index in [0.717, 1.165) is 11.1 Å². The lowest BCUT2D eigenvalue weighted by molar-refractivity contribution is -0.149. The highest BCUT2D eigenvalue weighted by molar-refractivity contribution is 5.94. The van der Waals surface area contributed by atoms with E-state index in [2.05, 4.69) is 5.32 Å². The van der Waals surface area contributed by atoms with Gasteiger partial charge in [-0.1, -0.05) is 42.5 Å². The topological polar surface area (TPSA) is 88.1 Å². The van der Waals surface area contributed by atoms with Crippen molar-refractivity contribution in [3.63, 3.8) is 0 Å². The quantitative estimate of drug-likeness (QED) is 0.527. The fourth-order valence-corrected chi connectivity index (χ4v) is 5.13. The number of rotatable bonds is 5. The van der Waals surface area contributed by atoms with Crippen LogP contribution >= 0.6 is 0 Å². The van der Waals surface area contributed by atoms with Crippen LogP contribution in [0.3, 0.4) is 0 Å². The molecule has 0 radical (unpaired) electrons. The molecule has 0 saturated carbocycles. The lowest BCUT2D eigenvalue weighted by Crippen LogP contribution is -2.57. The molecule has 0 unspecified atom stereocenters. The Labute approximate surface area is 221 Å². The van der Waals surface area contributed by atoms with Crippen LogP contribution in [-0.4, -0.2) is 65.9 Å². The number of benzene rings is 3. The van der Waals surface area contributed by atoms with E-state index in [4.69, 9.17) is 9.47 Å². The smallest absolute Gasteiger partial charge is 0.254 e. The minimum Gasteiger partial charge on any atom is -0.389 e. The summed E-state index contributed by atoms with van der Waals surface area (Å²) in [6.07, 6.45) is -0.253. The first-order valence-corrected chi connectivity index (χ1v) is 12.9. The van der Waals surface area contributed by atoms with Crippen LogP contribution in [0.5, 0.6) is 0 Å². The molecule has 3 aromatic carbocycles. The zero-order valence-corrected chi connectivity index (χ0v) is 21.0. The van der Waals surface area contributed by atoms with Crippen molar-refractivity contribution >= 4 is 17.5 Å². The third kappa shape index (κ3) is 6.27. The van der Waals surface area contributed by atoms with Gasteiger partial charge in [0.1, 0.15) is 11.9 Å². The van der Waals surface area contributed by atoms with E-state index >= 15 is 0 Å². The number of nitrogens with one attached hydrogen (secondary N) is 1. The Morgan fingerprint density at radius 2 is 1.63 bits per heavy atom. The van der Waals surface area contributed by atoms with E-state index in [0.29, 0.717) is 24.1 Å². The number of anilines is 1. The molecule has 7 nitrogen and oxygen atoms in total. The molecule has 2 amide bonds. The SMILES string of the molecule is O=C(C[C@H]1CC[C@H]2[C@@H](COC[C@H](O)CN2C(=O)c2ccc(F)cc2)O1)Nc1ccc(-c2ccccc2)cc1. The van der Waals surface area contributed by atoms with Crippen LogP contribution in [0.4, 0.5) is 10.1 Å². The molecule has 0 aromatic heterocycles. The van der Waals surface area contributed by atoms with Gasteiger partial charge in [0.05, 0.1) is 37.9 Å². The Bertz CT molecular complexity index is 1240. The summed E-state index contributed by atoms with van der Waals surface area (Å²) in [5, 5.41) is 13.3. The van der Waals surface area contributed by atoms with Crippen LogP contribution in [-0.2, 0) is 14.3 Å². The van der Waals surface area contributed by atoms with Crippen molar-refractivity contribution in [2.24, 2.45) is 0 Å². The van der Waals surface area contributed by atoms with Crippen molar-refractivity contribution in [3.8, 4) is 11.1 Å². The Hall–Kier alpha value is -3.59. The maximum absolute atomic E-state index is 13.4. The molecule has 0 bridgehead atoms. The van der Waals surface area contributed by atoms with Crippen molar-refractivity contribution in [2.45, 2.75) is 43.6 Å². The summed E-state index contributed by atoms with van der Waals surface area (Å²) in [4.78, 5) is 27.7. The maximum atomic E-state index is 13.4. The molecule has 198 valence electrons. The number of nitrogens with zero attached hydrogens (tertiary/aromatic N) is 1. The molecule has 0 spiro atoms. The minimum absolute atomic E-state index is 0.0733. The predicted octanol–water partition coefficient (Wildman–Crippen LogP) is 4.27. The summed E-state index contributed by atoms with van der Waals surface area (Å²) < 4.78 is 25.3. The molecule has 2 N–H and O–H groups in total. The lowest BCUT2D eigenvalue weighted by Gasteiger charge is -2.44. The van der Waals surface area contributed by atoms with Crippen molar-refractivity contribution < 1.29 is 28.6 Å². The number of amides is 2. The molecule has 2 aliphatic heterocycles. The number of halogens is 1. The van der Waals surface area contributed by atoms with Crippen LogP contribution < -0.4 is 5.32 Å².